The minimum absolute atomic E-state index is 0.0950. The number of aryl methyl sites for hydroxylation is 2. The number of hydrogen-bond acceptors (Lipinski definition) is 2. The van der Waals surface area contributed by atoms with Crippen LogP contribution in [0, 0.1) is 13.8 Å². The Morgan fingerprint density at radius 2 is 2.06 bits per heavy atom. The van der Waals surface area contributed by atoms with Gasteiger partial charge in [0, 0.05) is 7.05 Å². The average molecular weight is 284 g/mol. The molecule has 1 aliphatic heterocycles. The summed E-state index contributed by atoms with van der Waals surface area (Å²) in [5, 5.41) is 0. The van der Waals surface area contributed by atoms with Crippen molar-refractivity contribution in [1.82, 2.24) is 0 Å². The minimum atomic E-state index is 0.0950. The third-order valence-electron chi connectivity index (χ3n) is 2.84. The molecule has 0 aliphatic carbocycles. The molecule has 0 spiro atoms. The summed E-state index contributed by atoms with van der Waals surface area (Å²) in [6.07, 6.45) is 0.427. The lowest BCUT2D eigenvalue weighted by Crippen LogP contribution is -2.25. The zero-order valence-electron chi connectivity index (χ0n) is 9.63. The van der Waals surface area contributed by atoms with Gasteiger partial charge in [0.25, 0.3) is 0 Å². The summed E-state index contributed by atoms with van der Waals surface area (Å²) in [7, 11) is 1.80. The number of anilines is 1. The number of nitrogens with zero attached hydrogens (tertiary/aromatic N) is 1. The first-order valence-electron chi connectivity index (χ1n) is 5.21. The Balaban J connectivity index is 2.68. The standard InChI is InChI=1S/C12H14BrNO2/c1-7-6-8(2)11-12(10(7)13)16-5-4-9(15)14(11)3/h6H,4-5H2,1-3H3. The maximum Gasteiger partial charge on any atom is 0.230 e. The van der Waals surface area contributed by atoms with Gasteiger partial charge in [-0.2, -0.15) is 0 Å². The first-order chi connectivity index (χ1) is 7.52. The molecular formula is C12H14BrNO2. The maximum absolute atomic E-state index is 11.8. The number of fused-ring (bicyclic) bond motifs is 1. The van der Waals surface area contributed by atoms with Crippen LogP contribution in [0.3, 0.4) is 0 Å². The van der Waals surface area contributed by atoms with Crippen LogP contribution in [-0.4, -0.2) is 19.6 Å². The topological polar surface area (TPSA) is 29.5 Å². The molecule has 0 radical (unpaired) electrons. The average Bonchev–Trinajstić information content (AvgIpc) is 2.37. The lowest BCUT2D eigenvalue weighted by atomic mass is 10.1. The van der Waals surface area contributed by atoms with Gasteiger partial charge in [-0.25, -0.2) is 0 Å². The highest BCUT2D eigenvalue weighted by Crippen LogP contribution is 2.41. The van der Waals surface area contributed by atoms with Crippen molar-refractivity contribution in [3.63, 3.8) is 0 Å². The predicted molar refractivity (Wildman–Crippen MR) is 67.1 cm³/mol. The van der Waals surface area contributed by atoms with Gasteiger partial charge in [-0.3, -0.25) is 4.79 Å². The fourth-order valence-electron chi connectivity index (χ4n) is 2.00. The number of carbonyl (C=O) groups is 1. The van der Waals surface area contributed by atoms with Gasteiger partial charge in [-0.05, 0) is 40.9 Å². The summed E-state index contributed by atoms with van der Waals surface area (Å²) < 4.78 is 6.61. The van der Waals surface area contributed by atoms with E-state index in [1.807, 2.05) is 13.8 Å². The number of hydrogen-bond donors (Lipinski definition) is 0. The van der Waals surface area contributed by atoms with Crippen LogP contribution in [0.15, 0.2) is 10.5 Å². The van der Waals surface area contributed by atoms with Crippen LogP contribution in [0.1, 0.15) is 17.5 Å². The van der Waals surface area contributed by atoms with Crippen molar-refractivity contribution in [2.75, 3.05) is 18.6 Å². The van der Waals surface area contributed by atoms with Gasteiger partial charge in [0.2, 0.25) is 5.91 Å². The molecule has 2 rings (SSSR count). The van der Waals surface area contributed by atoms with Gasteiger partial charge < -0.3 is 9.64 Å². The van der Waals surface area contributed by atoms with E-state index < -0.39 is 0 Å². The monoisotopic (exact) mass is 283 g/mol. The molecule has 16 heavy (non-hydrogen) atoms. The van der Waals surface area contributed by atoms with Gasteiger partial charge in [0.15, 0.2) is 5.75 Å². The molecule has 0 saturated heterocycles. The molecule has 0 bridgehead atoms. The third kappa shape index (κ3) is 1.71. The van der Waals surface area contributed by atoms with Crippen molar-refractivity contribution in [2.24, 2.45) is 0 Å². The van der Waals surface area contributed by atoms with Crippen molar-refractivity contribution >= 4 is 27.5 Å². The summed E-state index contributed by atoms with van der Waals surface area (Å²) in [4.78, 5) is 13.4. The van der Waals surface area contributed by atoms with E-state index >= 15 is 0 Å². The number of benzene rings is 1. The van der Waals surface area contributed by atoms with E-state index in [2.05, 4.69) is 22.0 Å². The zero-order valence-corrected chi connectivity index (χ0v) is 11.2. The lowest BCUT2D eigenvalue weighted by Gasteiger charge is -2.20. The van der Waals surface area contributed by atoms with Gasteiger partial charge in [-0.1, -0.05) is 6.07 Å². The summed E-state index contributed by atoms with van der Waals surface area (Å²) in [6.45, 7) is 4.46. The molecule has 1 heterocycles. The number of ether oxygens (including phenoxy) is 1. The Morgan fingerprint density at radius 3 is 2.75 bits per heavy atom. The quantitative estimate of drug-likeness (QED) is 0.733. The lowest BCUT2D eigenvalue weighted by molar-refractivity contribution is -0.118. The molecule has 1 aromatic rings. The Labute approximate surface area is 104 Å². The van der Waals surface area contributed by atoms with Crippen molar-refractivity contribution in [3.8, 4) is 5.75 Å². The SMILES string of the molecule is Cc1cc(C)c2c(c1Br)OCCC(=O)N2C. The van der Waals surface area contributed by atoms with E-state index in [0.29, 0.717) is 13.0 Å². The summed E-state index contributed by atoms with van der Waals surface area (Å²) in [5.74, 6) is 0.878. The molecule has 0 fully saturated rings. The highest BCUT2D eigenvalue weighted by molar-refractivity contribution is 9.10. The van der Waals surface area contributed by atoms with E-state index in [1.54, 1.807) is 11.9 Å². The number of halogens is 1. The highest BCUT2D eigenvalue weighted by atomic mass is 79.9. The van der Waals surface area contributed by atoms with E-state index in [9.17, 15) is 4.79 Å². The largest absolute Gasteiger partial charge is 0.490 e. The van der Waals surface area contributed by atoms with E-state index in [0.717, 1.165) is 27.0 Å². The molecule has 86 valence electrons. The number of carbonyl (C=O) groups excluding carboxylic acids is 1. The number of amides is 1. The zero-order chi connectivity index (χ0) is 11.9. The second-order valence-electron chi connectivity index (χ2n) is 4.05. The van der Waals surface area contributed by atoms with Gasteiger partial charge >= 0.3 is 0 Å². The fraction of sp³-hybridized carbons (Fsp3) is 0.417. The first kappa shape index (κ1) is 11.5. The van der Waals surface area contributed by atoms with E-state index in [-0.39, 0.29) is 5.91 Å². The van der Waals surface area contributed by atoms with Crippen LogP contribution >= 0.6 is 15.9 Å². The van der Waals surface area contributed by atoms with Gasteiger partial charge in [0.1, 0.15) is 0 Å². The first-order valence-corrected chi connectivity index (χ1v) is 6.00. The van der Waals surface area contributed by atoms with Crippen LogP contribution in [-0.2, 0) is 4.79 Å². The van der Waals surface area contributed by atoms with Crippen molar-refractivity contribution in [3.05, 3.63) is 21.7 Å². The molecule has 1 amide bonds. The Morgan fingerprint density at radius 1 is 1.38 bits per heavy atom. The maximum atomic E-state index is 11.8. The Bertz CT molecular complexity index is 457. The Hall–Kier alpha value is -1.03. The van der Waals surface area contributed by atoms with Gasteiger partial charge in [0.05, 0.1) is 23.2 Å². The van der Waals surface area contributed by atoms with Crippen LogP contribution in [0.5, 0.6) is 5.75 Å². The molecule has 0 N–H and O–H groups in total. The van der Waals surface area contributed by atoms with Gasteiger partial charge in [-0.15, -0.1) is 0 Å². The molecule has 1 aliphatic rings. The predicted octanol–water partition coefficient (Wildman–Crippen LogP) is 2.81. The van der Waals surface area contributed by atoms with E-state index in [4.69, 9.17) is 4.74 Å². The molecule has 0 unspecified atom stereocenters. The van der Waals surface area contributed by atoms with Crippen LogP contribution in [0.4, 0.5) is 5.69 Å². The van der Waals surface area contributed by atoms with Crippen molar-refractivity contribution in [2.45, 2.75) is 20.3 Å². The third-order valence-corrected chi connectivity index (χ3v) is 3.82. The molecule has 0 atom stereocenters. The Kier molecular flexibility index (Phi) is 2.93. The highest BCUT2D eigenvalue weighted by Gasteiger charge is 2.24. The van der Waals surface area contributed by atoms with Crippen LogP contribution in [0.25, 0.3) is 0 Å². The van der Waals surface area contributed by atoms with Crippen LogP contribution in [0.2, 0.25) is 0 Å². The second-order valence-corrected chi connectivity index (χ2v) is 4.85. The fourth-order valence-corrected chi connectivity index (χ4v) is 2.42. The summed E-state index contributed by atoms with van der Waals surface area (Å²) >= 11 is 3.52. The molecule has 4 heteroatoms. The van der Waals surface area contributed by atoms with Crippen LogP contribution < -0.4 is 9.64 Å². The molecule has 1 aromatic carbocycles. The second kappa shape index (κ2) is 4.09. The normalized spacial score (nSPS) is 15.5. The van der Waals surface area contributed by atoms with Crippen molar-refractivity contribution in [1.29, 1.82) is 0 Å². The minimum Gasteiger partial charge on any atom is -0.490 e. The van der Waals surface area contributed by atoms with E-state index in [1.165, 1.54) is 0 Å². The molecule has 0 aromatic heterocycles. The molecule has 0 saturated carbocycles. The summed E-state index contributed by atoms with van der Waals surface area (Å²) in [6, 6.07) is 2.06. The number of rotatable bonds is 0. The van der Waals surface area contributed by atoms with Crippen molar-refractivity contribution < 1.29 is 9.53 Å². The summed E-state index contributed by atoms with van der Waals surface area (Å²) in [5.41, 5.74) is 3.06. The molecule has 3 nitrogen and oxygen atoms in total. The smallest absolute Gasteiger partial charge is 0.230 e. The molecular weight excluding hydrogens is 270 g/mol.